The van der Waals surface area contributed by atoms with Gasteiger partial charge >= 0.3 is 5.97 Å². The second kappa shape index (κ2) is 8.92. The summed E-state index contributed by atoms with van der Waals surface area (Å²) in [7, 11) is 0. The van der Waals surface area contributed by atoms with Crippen molar-refractivity contribution in [1.29, 1.82) is 0 Å². The standard InChI is InChI=1S/C21H19FN4O3/c1-13(2)18-11-19(27)25-21(24-18)26-23-12-14-3-9-17(10-4-14)29-20(28)15-5-7-16(22)8-6-15/h3-13H,1-2H3,(H2,24,25,26,27)/b23-12-. The zero-order chi connectivity index (χ0) is 20.8. The number of carbonyl (C=O) groups excluding carboxylic acids is 1. The lowest BCUT2D eigenvalue weighted by molar-refractivity contribution is 0.0734. The van der Waals surface area contributed by atoms with Gasteiger partial charge in [0.05, 0.1) is 17.5 Å². The molecule has 3 rings (SSSR count). The Hall–Kier alpha value is -3.81. The van der Waals surface area contributed by atoms with Crippen molar-refractivity contribution in [2.75, 3.05) is 5.43 Å². The van der Waals surface area contributed by atoms with Gasteiger partial charge in [0.15, 0.2) is 0 Å². The van der Waals surface area contributed by atoms with Gasteiger partial charge in [-0.1, -0.05) is 13.8 Å². The maximum absolute atomic E-state index is 12.9. The van der Waals surface area contributed by atoms with Gasteiger partial charge < -0.3 is 4.74 Å². The van der Waals surface area contributed by atoms with Gasteiger partial charge in [-0.05, 0) is 60.0 Å². The fourth-order valence-corrected chi connectivity index (χ4v) is 2.37. The fourth-order valence-electron chi connectivity index (χ4n) is 2.37. The highest BCUT2D eigenvalue weighted by Gasteiger charge is 2.08. The average molecular weight is 394 g/mol. The molecule has 1 heterocycles. The van der Waals surface area contributed by atoms with E-state index in [0.717, 1.165) is 5.56 Å². The summed E-state index contributed by atoms with van der Waals surface area (Å²) in [5.74, 6) is -0.281. The summed E-state index contributed by atoms with van der Waals surface area (Å²) in [5, 5.41) is 4.05. The third kappa shape index (κ3) is 5.58. The zero-order valence-electron chi connectivity index (χ0n) is 15.8. The van der Waals surface area contributed by atoms with E-state index >= 15 is 0 Å². The van der Waals surface area contributed by atoms with Crippen LogP contribution in [0.15, 0.2) is 64.5 Å². The Morgan fingerprint density at radius 1 is 1.17 bits per heavy atom. The third-order valence-corrected chi connectivity index (χ3v) is 3.91. The van der Waals surface area contributed by atoms with Crippen molar-refractivity contribution in [3.05, 3.63) is 87.6 Å². The number of ether oxygens (including phenoxy) is 1. The molecule has 1 aromatic heterocycles. The molecule has 2 aromatic carbocycles. The van der Waals surface area contributed by atoms with E-state index in [-0.39, 0.29) is 23.0 Å². The SMILES string of the molecule is CC(C)c1cc(=O)[nH]c(N/N=C\c2ccc(OC(=O)c3ccc(F)cc3)cc2)n1. The number of rotatable bonds is 6. The first kappa shape index (κ1) is 19.9. The first-order chi connectivity index (χ1) is 13.9. The van der Waals surface area contributed by atoms with Gasteiger partial charge in [-0.15, -0.1) is 0 Å². The molecule has 0 unspecified atom stereocenters. The minimum absolute atomic E-state index is 0.118. The van der Waals surface area contributed by atoms with Crippen LogP contribution in [0.1, 0.15) is 41.4 Å². The summed E-state index contributed by atoms with van der Waals surface area (Å²) in [6, 6.07) is 13.2. The molecule has 0 aliphatic heterocycles. The Kier molecular flexibility index (Phi) is 6.13. The maximum atomic E-state index is 12.9. The molecule has 0 saturated heterocycles. The van der Waals surface area contributed by atoms with Crippen molar-refractivity contribution in [2.24, 2.45) is 5.10 Å². The Labute approximate surface area is 166 Å². The predicted octanol–water partition coefficient (Wildman–Crippen LogP) is 3.70. The second-order valence-electron chi connectivity index (χ2n) is 6.51. The molecule has 0 fully saturated rings. The second-order valence-corrected chi connectivity index (χ2v) is 6.51. The molecule has 3 aromatic rings. The number of hydrogen-bond acceptors (Lipinski definition) is 6. The third-order valence-electron chi connectivity index (χ3n) is 3.91. The fraction of sp³-hybridized carbons (Fsp3) is 0.143. The molecular formula is C21H19FN4O3. The molecular weight excluding hydrogens is 375 g/mol. The number of aromatic nitrogens is 2. The van der Waals surface area contributed by atoms with Crippen LogP contribution in [0.25, 0.3) is 0 Å². The minimum Gasteiger partial charge on any atom is -0.423 e. The molecule has 0 atom stereocenters. The molecule has 148 valence electrons. The number of hydrazone groups is 1. The first-order valence-corrected chi connectivity index (χ1v) is 8.89. The highest BCUT2D eigenvalue weighted by atomic mass is 19.1. The number of H-pyrrole nitrogens is 1. The van der Waals surface area contributed by atoms with Crippen molar-refractivity contribution in [2.45, 2.75) is 19.8 Å². The van der Waals surface area contributed by atoms with Crippen LogP contribution in [0.3, 0.4) is 0 Å². The summed E-state index contributed by atoms with van der Waals surface area (Å²) in [6.07, 6.45) is 1.54. The molecule has 0 aliphatic rings. The Bertz CT molecular complexity index is 1070. The lowest BCUT2D eigenvalue weighted by Gasteiger charge is -2.06. The van der Waals surface area contributed by atoms with Crippen LogP contribution in [0.2, 0.25) is 0 Å². The number of anilines is 1. The smallest absolute Gasteiger partial charge is 0.343 e. The number of esters is 1. The number of halogens is 1. The quantitative estimate of drug-likeness (QED) is 0.288. The molecule has 0 aliphatic carbocycles. The van der Waals surface area contributed by atoms with Crippen LogP contribution in [0.5, 0.6) is 5.75 Å². The Morgan fingerprint density at radius 3 is 2.52 bits per heavy atom. The largest absolute Gasteiger partial charge is 0.423 e. The van der Waals surface area contributed by atoms with E-state index in [4.69, 9.17) is 4.74 Å². The maximum Gasteiger partial charge on any atom is 0.343 e. The lowest BCUT2D eigenvalue weighted by Crippen LogP contribution is -2.12. The highest BCUT2D eigenvalue weighted by molar-refractivity contribution is 5.91. The summed E-state index contributed by atoms with van der Waals surface area (Å²) in [4.78, 5) is 30.5. The monoisotopic (exact) mass is 394 g/mol. The Morgan fingerprint density at radius 2 is 1.86 bits per heavy atom. The average Bonchev–Trinajstić information content (AvgIpc) is 2.69. The van der Waals surface area contributed by atoms with E-state index in [1.54, 1.807) is 24.3 Å². The molecule has 0 bridgehead atoms. The number of hydrogen-bond donors (Lipinski definition) is 2. The molecule has 0 saturated carbocycles. The topological polar surface area (TPSA) is 96.4 Å². The van der Waals surface area contributed by atoms with E-state index in [2.05, 4.69) is 20.5 Å². The first-order valence-electron chi connectivity index (χ1n) is 8.89. The number of carbonyl (C=O) groups is 1. The van der Waals surface area contributed by atoms with Crippen LogP contribution in [-0.4, -0.2) is 22.2 Å². The molecule has 2 N–H and O–H groups in total. The van der Waals surface area contributed by atoms with Gasteiger partial charge in [0, 0.05) is 6.07 Å². The van der Waals surface area contributed by atoms with Gasteiger partial charge in [0.25, 0.3) is 5.56 Å². The molecule has 7 nitrogen and oxygen atoms in total. The van der Waals surface area contributed by atoms with Crippen LogP contribution < -0.4 is 15.7 Å². The van der Waals surface area contributed by atoms with E-state index < -0.39 is 11.8 Å². The van der Waals surface area contributed by atoms with Gasteiger partial charge in [-0.3, -0.25) is 9.78 Å². The highest BCUT2D eigenvalue weighted by Crippen LogP contribution is 2.14. The molecule has 8 heteroatoms. The van der Waals surface area contributed by atoms with Crippen molar-refractivity contribution in [3.63, 3.8) is 0 Å². The number of nitrogens with one attached hydrogen (secondary N) is 2. The minimum atomic E-state index is -0.576. The molecule has 29 heavy (non-hydrogen) atoms. The number of nitrogens with zero attached hydrogens (tertiary/aromatic N) is 2. The normalized spacial score (nSPS) is 11.0. The summed E-state index contributed by atoms with van der Waals surface area (Å²) in [6.45, 7) is 3.89. The van der Waals surface area contributed by atoms with Crippen molar-refractivity contribution < 1.29 is 13.9 Å². The van der Waals surface area contributed by atoms with E-state index in [0.29, 0.717) is 11.4 Å². The van der Waals surface area contributed by atoms with Crippen LogP contribution in [0, 0.1) is 5.82 Å². The molecule has 0 spiro atoms. The van der Waals surface area contributed by atoms with Crippen molar-refractivity contribution in [1.82, 2.24) is 9.97 Å². The van der Waals surface area contributed by atoms with Gasteiger partial charge in [-0.2, -0.15) is 5.10 Å². The summed E-state index contributed by atoms with van der Waals surface area (Å²) < 4.78 is 18.2. The van der Waals surface area contributed by atoms with Crippen molar-refractivity contribution in [3.8, 4) is 5.75 Å². The van der Waals surface area contributed by atoms with Crippen LogP contribution >= 0.6 is 0 Å². The Balaban J connectivity index is 1.61. The molecule has 0 amide bonds. The summed E-state index contributed by atoms with van der Waals surface area (Å²) in [5.41, 5.74) is 4.09. The van der Waals surface area contributed by atoms with E-state index in [9.17, 15) is 14.0 Å². The summed E-state index contributed by atoms with van der Waals surface area (Å²) >= 11 is 0. The molecule has 0 radical (unpaired) electrons. The number of benzene rings is 2. The van der Waals surface area contributed by atoms with Crippen LogP contribution in [-0.2, 0) is 0 Å². The van der Waals surface area contributed by atoms with Crippen LogP contribution in [0.4, 0.5) is 10.3 Å². The number of aromatic amines is 1. The predicted molar refractivity (Wildman–Crippen MR) is 108 cm³/mol. The van der Waals surface area contributed by atoms with Gasteiger partial charge in [0.2, 0.25) is 5.95 Å². The van der Waals surface area contributed by atoms with Gasteiger partial charge in [-0.25, -0.2) is 19.6 Å². The lowest BCUT2D eigenvalue weighted by atomic mass is 10.1. The van der Waals surface area contributed by atoms with Crippen molar-refractivity contribution >= 4 is 18.1 Å². The van der Waals surface area contributed by atoms with E-state index in [1.807, 2.05) is 13.8 Å². The zero-order valence-corrected chi connectivity index (χ0v) is 15.8. The van der Waals surface area contributed by atoms with E-state index in [1.165, 1.54) is 36.5 Å². The van der Waals surface area contributed by atoms with Gasteiger partial charge in [0.1, 0.15) is 11.6 Å².